The van der Waals surface area contributed by atoms with Crippen molar-refractivity contribution < 1.29 is 22.6 Å². The second kappa shape index (κ2) is 88.4. The number of nitrogens with zero attached hydrogens (tertiary/aromatic N) is 18. The number of hydrogen-bond donors (Lipinski definition) is 9. The van der Waals surface area contributed by atoms with Crippen LogP contribution in [0.3, 0.4) is 0 Å². The lowest BCUT2D eigenvalue weighted by atomic mass is 10.2. The highest BCUT2D eigenvalue weighted by Gasteiger charge is 1.96. The molecule has 37 heteroatoms. The van der Waals surface area contributed by atoms with Crippen LogP contribution in [-0.4, -0.2) is 188 Å². The second-order valence-electron chi connectivity index (χ2n) is 21.7. The maximum absolute atomic E-state index is 5.01. The number of hydrogen-bond acceptors (Lipinski definition) is 33. The minimum absolute atomic E-state index is 0.889. The van der Waals surface area contributed by atoms with Crippen LogP contribution in [0.4, 0.5) is 0 Å². The summed E-state index contributed by atoms with van der Waals surface area (Å²) in [5.74, 6) is 0. The Bertz CT molecular complexity index is 3460. The van der Waals surface area contributed by atoms with Crippen molar-refractivity contribution in [3.05, 3.63) is 377 Å². The molecule has 0 radical (unpaired) electrons. The lowest BCUT2D eigenvalue weighted by Crippen LogP contribution is -2.39. The van der Waals surface area contributed by atoms with Crippen molar-refractivity contribution >= 4 is 78.1 Å². The molecule has 0 bridgehead atoms. The SMILES string of the molecule is C1CCNC1.C1CCNCC1.C1CNCCN1.C1COCCN1.c1c[nH]cn1.c1cc[nH]c1.c1ccc2[nH]ccc2c1.c1ccc2sccc2c1.c1ccncc1.c1ccnnc1.c1ccoc1.c1ccsc1.c1cn[nH]c1.c1cnccn1.c1cncnc1.c1cnoc1.c1cocn1.c1cscn1.c1csnn1.c1ncon1.c1ncsn1. The van der Waals surface area contributed by atoms with Gasteiger partial charge in [-0.25, -0.2) is 29.9 Å². The van der Waals surface area contributed by atoms with Gasteiger partial charge in [0.25, 0.3) is 0 Å². The van der Waals surface area contributed by atoms with E-state index in [1.807, 2.05) is 125 Å². The van der Waals surface area contributed by atoms with Gasteiger partial charge in [0.05, 0.1) is 56.2 Å². The minimum Gasteiger partial charge on any atom is -0.473 e. The van der Waals surface area contributed by atoms with E-state index >= 15 is 0 Å². The number of piperidine rings is 1. The Balaban J connectivity index is 0.000000326. The molecular weight excluding hydrogens is 1620 g/mol. The first kappa shape index (κ1) is 101. The summed E-state index contributed by atoms with van der Waals surface area (Å²) in [7, 11) is 0. The normalized spacial score (nSPS) is 11.4. The molecule has 23 rings (SSSR count). The van der Waals surface area contributed by atoms with Gasteiger partial charge in [-0.1, -0.05) is 75.8 Å². The van der Waals surface area contributed by atoms with E-state index in [2.05, 4.69) is 208 Å². The van der Waals surface area contributed by atoms with Crippen molar-refractivity contribution in [3.63, 3.8) is 0 Å². The number of furan rings is 1. The monoisotopic (exact) mass is 1720 g/mol. The molecule has 19 aromatic rings. The highest BCUT2D eigenvalue weighted by molar-refractivity contribution is 7.17. The summed E-state index contributed by atoms with van der Waals surface area (Å²) in [6.45, 7) is 13.4. The van der Waals surface area contributed by atoms with Gasteiger partial charge in [0, 0.05) is 172 Å². The molecule has 0 amide bonds. The Morgan fingerprint density at radius 3 is 1.28 bits per heavy atom. The van der Waals surface area contributed by atoms with Gasteiger partial charge in [-0.05, 0) is 193 Å². The van der Waals surface area contributed by atoms with E-state index < -0.39 is 0 Å². The fraction of sp³-hybridized carbons (Fsp3) is 0.205. The highest BCUT2D eigenvalue weighted by atomic mass is 32.1. The molecular formula is C83H105N27O5S5. The average molecular weight is 1720 g/mol. The summed E-state index contributed by atoms with van der Waals surface area (Å²) in [6, 6.07) is 47.1. The van der Waals surface area contributed by atoms with E-state index in [-0.39, 0.29) is 0 Å². The number of para-hydroxylation sites is 1. The molecule has 4 saturated heterocycles. The van der Waals surface area contributed by atoms with Crippen molar-refractivity contribution in [2.24, 2.45) is 0 Å². The molecule has 632 valence electrons. The Morgan fingerprint density at radius 1 is 0.325 bits per heavy atom. The van der Waals surface area contributed by atoms with Crippen LogP contribution in [0.15, 0.2) is 395 Å². The number of aromatic amines is 4. The van der Waals surface area contributed by atoms with E-state index in [9.17, 15) is 0 Å². The van der Waals surface area contributed by atoms with Crippen LogP contribution in [0.25, 0.3) is 21.0 Å². The van der Waals surface area contributed by atoms with Crippen LogP contribution in [0.1, 0.15) is 32.1 Å². The van der Waals surface area contributed by atoms with Crippen LogP contribution in [0.5, 0.6) is 0 Å². The van der Waals surface area contributed by atoms with Crippen molar-refractivity contribution in [2.45, 2.75) is 32.1 Å². The zero-order valence-electron chi connectivity index (χ0n) is 66.4. The van der Waals surface area contributed by atoms with Crippen LogP contribution in [-0.2, 0) is 4.74 Å². The molecule has 17 aromatic heterocycles. The standard InChI is InChI=1S/C8H7N.C8H6S.C5H11N.C5H5N.C4H10N2.3C4H4N2.C4H9NO.C4H9N.C4H5N.C4H4O.C4H4S.2C3H4N2.2C3H3NO.C3H3NS.C2H2N2O.2C2H2N2S/c2*1-2-4-8-7(3-1)5-6-9-8;2*1-2-4-6-5-3-1;2*1-2-6-4-3-5-1;1-2-5-4-6-3-1;1-2-4-6-5-3-1;1-3-6-4-2-5-1;4*1-2-4-5-3-1;1-2-5-3-4-1;1-2-4-5-3-1;1-2-5-3-4-1;1-2-4-5-3-1;1-2-5-3-4-1;2*1-3-2-5-4-1;1-2-5-4-3-1/h1-6,9H;1-6H;6H,1-5H2;1-5H;5-6H,1-4H2;3*1-4H;5H,1-4H2;5H,1-4H2;1-5H;2*1-4H;2*1-3H,(H,4,5);3*1-3H;3*1-2H. The van der Waals surface area contributed by atoms with Crippen molar-refractivity contribution in [1.82, 2.24) is 136 Å². The molecule has 0 unspecified atom stereocenters. The first-order valence-electron chi connectivity index (χ1n) is 37.4. The first-order chi connectivity index (χ1) is 59.9. The molecule has 2 aromatic carbocycles. The van der Waals surface area contributed by atoms with E-state index in [1.54, 1.807) is 188 Å². The van der Waals surface area contributed by atoms with Crippen LogP contribution in [0, 0.1) is 0 Å². The number of rotatable bonds is 0. The molecule has 120 heavy (non-hydrogen) atoms. The predicted octanol–water partition coefficient (Wildman–Crippen LogP) is 16.0. The van der Waals surface area contributed by atoms with Gasteiger partial charge in [0.1, 0.15) is 30.7 Å². The molecule has 0 aliphatic carbocycles. The van der Waals surface area contributed by atoms with Gasteiger partial charge in [-0.2, -0.15) is 31.0 Å². The predicted molar refractivity (Wildman–Crippen MR) is 479 cm³/mol. The summed E-state index contributed by atoms with van der Waals surface area (Å²) in [5.41, 5.74) is 4.68. The first-order valence-corrected chi connectivity index (χ1v) is 41.9. The van der Waals surface area contributed by atoms with E-state index in [4.69, 9.17) is 4.74 Å². The number of imidazole rings is 1. The molecule has 0 saturated carbocycles. The maximum atomic E-state index is 5.01. The number of H-pyrrole nitrogens is 4. The van der Waals surface area contributed by atoms with Crippen molar-refractivity contribution in [3.8, 4) is 0 Å². The largest absolute Gasteiger partial charge is 0.473 e. The van der Waals surface area contributed by atoms with Crippen molar-refractivity contribution in [1.29, 1.82) is 0 Å². The number of piperazine rings is 1. The zero-order valence-corrected chi connectivity index (χ0v) is 70.5. The topological polar surface area (TPSA) is 417 Å². The molecule has 21 heterocycles. The van der Waals surface area contributed by atoms with Gasteiger partial charge in [0.2, 0.25) is 6.39 Å². The van der Waals surface area contributed by atoms with E-state index in [1.165, 1.54) is 147 Å². The zero-order chi connectivity index (χ0) is 84.3. The van der Waals surface area contributed by atoms with Crippen LogP contribution < -0.4 is 26.6 Å². The van der Waals surface area contributed by atoms with Gasteiger partial charge in [0.15, 0.2) is 12.7 Å². The second-order valence-corrected chi connectivity index (χ2v) is 25.5. The number of fused-ring (bicyclic) bond motifs is 2. The molecule has 9 N–H and O–H groups in total. The van der Waals surface area contributed by atoms with Crippen LogP contribution >= 0.6 is 57.1 Å². The van der Waals surface area contributed by atoms with Crippen molar-refractivity contribution in [2.75, 3.05) is 78.7 Å². The lowest BCUT2D eigenvalue weighted by Gasteiger charge is -2.11. The molecule has 4 fully saturated rings. The molecule has 0 spiro atoms. The third-order valence-electron chi connectivity index (χ3n) is 12.8. The van der Waals surface area contributed by atoms with Crippen LogP contribution in [0.2, 0.25) is 0 Å². The number of morpholine rings is 1. The summed E-state index contributed by atoms with van der Waals surface area (Å²) < 4.78 is 31.2. The highest BCUT2D eigenvalue weighted by Crippen LogP contribution is 2.19. The lowest BCUT2D eigenvalue weighted by molar-refractivity contribution is 0.109. The summed E-state index contributed by atoms with van der Waals surface area (Å²) in [5, 5.41) is 52.0. The fourth-order valence-corrected chi connectivity index (χ4v) is 9.76. The number of pyridine rings is 1. The number of thiazole rings is 1. The Labute approximate surface area is 719 Å². The minimum atomic E-state index is 0.889. The number of aromatic nitrogens is 22. The number of ether oxygens (including phenoxy) is 1. The van der Waals surface area contributed by atoms with Gasteiger partial charge in [-0.3, -0.25) is 25.0 Å². The molecule has 32 nitrogen and oxygen atoms in total. The Hall–Kier alpha value is -12.9. The summed E-state index contributed by atoms with van der Waals surface area (Å²) in [4.78, 5) is 45.3. The number of thiophene rings is 2. The van der Waals surface area contributed by atoms with E-state index in [0.29, 0.717) is 0 Å². The number of oxazole rings is 1. The summed E-state index contributed by atoms with van der Waals surface area (Å²) in [6.07, 6.45) is 57.8. The van der Waals surface area contributed by atoms with Gasteiger partial charge < -0.3 is 64.2 Å². The molecule has 4 aliphatic heterocycles. The Kier molecular flexibility index (Phi) is 74.6. The smallest absolute Gasteiger partial charge is 0.213 e. The quantitative estimate of drug-likeness (QED) is 0.0681. The number of benzene rings is 2. The molecule has 0 atom stereocenters. The third kappa shape index (κ3) is 75.1. The number of nitrogens with one attached hydrogen (secondary N) is 9. The van der Waals surface area contributed by atoms with Gasteiger partial charge >= 0.3 is 0 Å². The van der Waals surface area contributed by atoms with Gasteiger partial charge in [-0.15, -0.1) is 27.8 Å². The Morgan fingerprint density at radius 2 is 1.00 bits per heavy atom. The van der Waals surface area contributed by atoms with E-state index in [0.717, 1.165) is 52.5 Å². The summed E-state index contributed by atoms with van der Waals surface area (Å²) >= 11 is 7.81. The molecule has 4 aliphatic rings. The third-order valence-corrected chi connectivity index (χ3v) is 15.8. The fourth-order valence-electron chi connectivity index (χ4n) is 7.62. The maximum Gasteiger partial charge on any atom is 0.213 e. The average Bonchev–Trinajstić information content (AvgIpc) is 1.75.